The first-order valence-electron chi connectivity index (χ1n) is 8.71. The van der Waals surface area contributed by atoms with E-state index in [-0.39, 0.29) is 0 Å². The minimum Gasteiger partial charge on any atom is -0.339 e. The first-order valence-corrected chi connectivity index (χ1v) is 8.71. The predicted molar refractivity (Wildman–Crippen MR) is 95.5 cm³/mol. The summed E-state index contributed by atoms with van der Waals surface area (Å²) in [6, 6.07) is 10.5. The summed E-state index contributed by atoms with van der Waals surface area (Å²) in [5, 5.41) is 4.04. The van der Waals surface area contributed by atoms with Gasteiger partial charge in [0.1, 0.15) is 0 Å². The maximum Gasteiger partial charge on any atom is 0.226 e. The molecule has 0 spiro atoms. The van der Waals surface area contributed by atoms with Crippen LogP contribution < -0.4 is 0 Å². The molecule has 0 bridgehead atoms. The highest BCUT2D eigenvalue weighted by atomic mass is 16.5. The third-order valence-corrected chi connectivity index (χ3v) is 4.33. The molecule has 0 aliphatic carbocycles. The van der Waals surface area contributed by atoms with Crippen LogP contribution in [0.2, 0.25) is 0 Å². The Morgan fingerprint density at radius 3 is 2.50 bits per heavy atom. The molecule has 128 valence electrons. The van der Waals surface area contributed by atoms with Gasteiger partial charge >= 0.3 is 0 Å². The van der Waals surface area contributed by atoms with E-state index in [0.717, 1.165) is 57.4 Å². The second kappa shape index (κ2) is 8.22. The summed E-state index contributed by atoms with van der Waals surface area (Å²) in [6.07, 6.45) is 3.08. The Morgan fingerprint density at radius 1 is 1.12 bits per heavy atom. The van der Waals surface area contributed by atoms with E-state index in [1.165, 1.54) is 11.1 Å². The van der Waals surface area contributed by atoms with Crippen LogP contribution in [0.3, 0.4) is 0 Å². The van der Waals surface area contributed by atoms with Gasteiger partial charge < -0.3 is 4.52 Å². The van der Waals surface area contributed by atoms with Crippen molar-refractivity contribution in [3.63, 3.8) is 0 Å². The van der Waals surface area contributed by atoms with Gasteiger partial charge in [-0.25, -0.2) is 0 Å². The fourth-order valence-electron chi connectivity index (χ4n) is 3.04. The van der Waals surface area contributed by atoms with E-state index >= 15 is 0 Å². The van der Waals surface area contributed by atoms with E-state index in [0.29, 0.717) is 0 Å². The molecule has 0 atom stereocenters. The fraction of sp³-hybridized carbons (Fsp3) is 0.474. The van der Waals surface area contributed by atoms with Crippen molar-refractivity contribution in [3.05, 3.63) is 53.2 Å². The molecule has 0 amide bonds. The molecule has 0 saturated carbocycles. The van der Waals surface area contributed by atoms with Crippen molar-refractivity contribution < 1.29 is 4.52 Å². The van der Waals surface area contributed by atoms with E-state index in [1.807, 2.05) is 6.92 Å². The zero-order valence-corrected chi connectivity index (χ0v) is 14.6. The number of aromatic nitrogens is 2. The van der Waals surface area contributed by atoms with E-state index < -0.39 is 0 Å². The van der Waals surface area contributed by atoms with Gasteiger partial charge in [0.25, 0.3) is 0 Å². The molecule has 2 heterocycles. The van der Waals surface area contributed by atoms with Crippen LogP contribution in [0.15, 0.2) is 40.4 Å². The lowest BCUT2D eigenvalue weighted by molar-refractivity contribution is 0.132. The van der Waals surface area contributed by atoms with Gasteiger partial charge in [-0.15, -0.1) is 0 Å². The van der Waals surface area contributed by atoms with Gasteiger partial charge in [-0.3, -0.25) is 9.80 Å². The maximum atomic E-state index is 5.18. The highest BCUT2D eigenvalue weighted by Gasteiger charge is 2.18. The minimum atomic E-state index is 0.727. The van der Waals surface area contributed by atoms with E-state index in [2.05, 4.69) is 63.3 Å². The third-order valence-electron chi connectivity index (χ3n) is 4.33. The van der Waals surface area contributed by atoms with Crippen LogP contribution in [0, 0.1) is 0 Å². The Kier molecular flexibility index (Phi) is 5.77. The van der Waals surface area contributed by atoms with Gasteiger partial charge in [-0.05, 0) is 12.5 Å². The second-order valence-corrected chi connectivity index (χ2v) is 6.41. The molecule has 1 aromatic heterocycles. The molecule has 1 aromatic carbocycles. The monoisotopic (exact) mass is 326 g/mol. The largest absolute Gasteiger partial charge is 0.339 e. The van der Waals surface area contributed by atoms with Crippen molar-refractivity contribution in [1.82, 2.24) is 19.9 Å². The normalized spacial score (nSPS) is 17.3. The summed E-state index contributed by atoms with van der Waals surface area (Å²) in [4.78, 5) is 9.31. The number of nitrogens with zero attached hydrogens (tertiary/aromatic N) is 4. The van der Waals surface area contributed by atoms with Crippen molar-refractivity contribution in [2.24, 2.45) is 0 Å². The Hall–Kier alpha value is -1.98. The van der Waals surface area contributed by atoms with Crippen LogP contribution in [-0.2, 0) is 13.0 Å². The number of benzene rings is 1. The summed E-state index contributed by atoms with van der Waals surface area (Å²) >= 11 is 0. The molecule has 3 rings (SSSR count). The van der Waals surface area contributed by atoms with Crippen molar-refractivity contribution >= 4 is 6.08 Å². The zero-order chi connectivity index (χ0) is 16.8. The average Bonchev–Trinajstić information content (AvgIpc) is 3.05. The zero-order valence-electron chi connectivity index (χ0n) is 14.6. The fourth-order valence-corrected chi connectivity index (χ4v) is 3.04. The Balaban J connectivity index is 1.45. The van der Waals surface area contributed by atoms with Gasteiger partial charge in [0.15, 0.2) is 5.82 Å². The predicted octanol–water partition coefficient (Wildman–Crippen LogP) is 2.85. The van der Waals surface area contributed by atoms with Crippen LogP contribution in [0.25, 0.3) is 6.08 Å². The topological polar surface area (TPSA) is 45.4 Å². The summed E-state index contributed by atoms with van der Waals surface area (Å²) in [5.74, 6) is 1.53. The van der Waals surface area contributed by atoms with Gasteiger partial charge in [-0.2, -0.15) is 4.98 Å². The summed E-state index contributed by atoms with van der Waals surface area (Å²) in [7, 11) is 0. The molecular weight excluding hydrogens is 300 g/mol. The van der Waals surface area contributed by atoms with Gasteiger partial charge in [0.2, 0.25) is 5.89 Å². The summed E-state index contributed by atoms with van der Waals surface area (Å²) in [5.41, 5.74) is 2.68. The van der Waals surface area contributed by atoms with Crippen LogP contribution >= 0.6 is 0 Å². The number of rotatable bonds is 6. The Bertz CT molecular complexity index is 657. The van der Waals surface area contributed by atoms with Crippen molar-refractivity contribution in [2.45, 2.75) is 26.8 Å². The molecule has 0 N–H and O–H groups in total. The Labute approximate surface area is 144 Å². The lowest BCUT2D eigenvalue weighted by Crippen LogP contribution is -2.46. The van der Waals surface area contributed by atoms with E-state index in [4.69, 9.17) is 4.52 Å². The molecule has 1 aliphatic heterocycles. The summed E-state index contributed by atoms with van der Waals surface area (Å²) in [6.45, 7) is 10.3. The van der Waals surface area contributed by atoms with Crippen molar-refractivity contribution in [2.75, 3.05) is 32.7 Å². The number of aryl methyl sites for hydroxylation is 1. The van der Waals surface area contributed by atoms with Crippen molar-refractivity contribution in [3.8, 4) is 0 Å². The standard InChI is InChI=1S/C19H26N4O/c1-3-19-20-18(21-24-19)15-23-11-9-22(10-12-23)14-16(2)13-17-7-5-4-6-8-17/h4-8,13H,3,9-12,14-15H2,1-2H3/b16-13+. The molecule has 1 fully saturated rings. The molecular formula is C19H26N4O. The van der Waals surface area contributed by atoms with E-state index in [1.54, 1.807) is 0 Å². The SMILES string of the molecule is CCc1nc(CN2CCN(C/C(C)=C/c3ccccc3)CC2)no1. The first-order chi connectivity index (χ1) is 11.7. The van der Waals surface area contributed by atoms with Crippen LogP contribution in [0.4, 0.5) is 0 Å². The highest BCUT2D eigenvalue weighted by molar-refractivity contribution is 5.52. The lowest BCUT2D eigenvalue weighted by atomic mass is 10.1. The molecule has 5 nitrogen and oxygen atoms in total. The molecule has 2 aromatic rings. The van der Waals surface area contributed by atoms with Crippen molar-refractivity contribution in [1.29, 1.82) is 0 Å². The first kappa shape index (κ1) is 16.9. The summed E-state index contributed by atoms with van der Waals surface area (Å²) < 4.78 is 5.18. The molecule has 1 aliphatic rings. The average molecular weight is 326 g/mol. The molecule has 5 heteroatoms. The van der Waals surface area contributed by atoms with Gasteiger partial charge in [-0.1, -0.05) is 54.1 Å². The quantitative estimate of drug-likeness (QED) is 0.817. The Morgan fingerprint density at radius 2 is 1.83 bits per heavy atom. The number of hydrogen-bond donors (Lipinski definition) is 0. The lowest BCUT2D eigenvalue weighted by Gasteiger charge is -2.34. The highest BCUT2D eigenvalue weighted by Crippen LogP contribution is 2.11. The maximum absolute atomic E-state index is 5.18. The molecule has 0 radical (unpaired) electrons. The van der Waals surface area contributed by atoms with Crippen LogP contribution in [-0.4, -0.2) is 52.7 Å². The minimum absolute atomic E-state index is 0.727. The molecule has 24 heavy (non-hydrogen) atoms. The smallest absolute Gasteiger partial charge is 0.226 e. The van der Waals surface area contributed by atoms with Crippen LogP contribution in [0.5, 0.6) is 0 Å². The van der Waals surface area contributed by atoms with Crippen LogP contribution in [0.1, 0.15) is 31.1 Å². The third kappa shape index (κ3) is 4.76. The number of hydrogen-bond acceptors (Lipinski definition) is 5. The van der Waals surface area contributed by atoms with Gasteiger partial charge in [0.05, 0.1) is 6.54 Å². The van der Waals surface area contributed by atoms with Gasteiger partial charge in [0, 0.05) is 39.1 Å². The second-order valence-electron chi connectivity index (χ2n) is 6.41. The number of piperazine rings is 1. The van der Waals surface area contributed by atoms with E-state index in [9.17, 15) is 0 Å². The molecule has 0 unspecified atom stereocenters. The molecule has 1 saturated heterocycles.